The van der Waals surface area contributed by atoms with Crippen molar-refractivity contribution in [2.24, 2.45) is 0 Å². The fourth-order valence-corrected chi connectivity index (χ4v) is 3.37. The molecule has 22 heavy (non-hydrogen) atoms. The third kappa shape index (κ3) is 1.53. The van der Waals surface area contributed by atoms with Crippen LogP contribution in [0.1, 0.15) is 0 Å². The molecule has 2 heterocycles. The van der Waals surface area contributed by atoms with Gasteiger partial charge in [0.05, 0.1) is 0 Å². The molecule has 2 nitrogen and oxygen atoms in total. The third-order valence-electron chi connectivity index (χ3n) is 4.18. The van der Waals surface area contributed by atoms with Gasteiger partial charge < -0.3 is 4.42 Å². The van der Waals surface area contributed by atoms with Gasteiger partial charge in [-0.1, -0.05) is 35.9 Å². The van der Waals surface area contributed by atoms with E-state index in [1.165, 1.54) is 0 Å². The van der Waals surface area contributed by atoms with Gasteiger partial charge in [0.15, 0.2) is 0 Å². The summed E-state index contributed by atoms with van der Waals surface area (Å²) in [7, 11) is 0. The molecule has 0 bridgehead atoms. The maximum absolute atomic E-state index is 6.12. The molecule has 5 rings (SSSR count). The standard InChI is InChI=1S/C19H10ClNO/c20-13-6-8-14-12(10-13)4-3-11-5-7-15-16-2-1-9-21-19(16)22-18(15)17(11)14/h1-10H. The van der Waals surface area contributed by atoms with Crippen molar-refractivity contribution in [2.75, 3.05) is 0 Å². The van der Waals surface area contributed by atoms with Crippen LogP contribution < -0.4 is 0 Å². The van der Waals surface area contributed by atoms with Gasteiger partial charge in [-0.15, -0.1) is 0 Å². The summed E-state index contributed by atoms with van der Waals surface area (Å²) in [4.78, 5) is 4.33. The Bertz CT molecular complexity index is 1190. The zero-order valence-corrected chi connectivity index (χ0v) is 12.3. The SMILES string of the molecule is Clc1ccc2c(ccc3ccc4c5cccnc5oc4c32)c1. The van der Waals surface area contributed by atoms with Crippen LogP contribution >= 0.6 is 11.6 Å². The van der Waals surface area contributed by atoms with Crippen molar-refractivity contribution in [3.05, 3.63) is 65.8 Å². The van der Waals surface area contributed by atoms with Crippen LogP contribution in [0.3, 0.4) is 0 Å². The van der Waals surface area contributed by atoms with Crippen molar-refractivity contribution in [3.8, 4) is 0 Å². The monoisotopic (exact) mass is 303 g/mol. The fraction of sp³-hybridized carbons (Fsp3) is 0. The molecule has 0 spiro atoms. The summed E-state index contributed by atoms with van der Waals surface area (Å²) in [6.45, 7) is 0. The summed E-state index contributed by atoms with van der Waals surface area (Å²) in [6.07, 6.45) is 1.75. The topological polar surface area (TPSA) is 26.0 Å². The van der Waals surface area contributed by atoms with Crippen LogP contribution in [0.4, 0.5) is 0 Å². The molecule has 0 unspecified atom stereocenters. The van der Waals surface area contributed by atoms with Gasteiger partial charge in [0.2, 0.25) is 5.71 Å². The Kier molecular flexibility index (Phi) is 2.30. The van der Waals surface area contributed by atoms with Crippen LogP contribution in [0.15, 0.2) is 65.2 Å². The Labute approximate surface area is 130 Å². The number of benzene rings is 3. The van der Waals surface area contributed by atoms with Crippen LogP contribution in [0.2, 0.25) is 5.02 Å². The molecule has 0 saturated carbocycles. The van der Waals surface area contributed by atoms with Gasteiger partial charge in [0.1, 0.15) is 5.58 Å². The van der Waals surface area contributed by atoms with Gasteiger partial charge in [-0.05, 0) is 46.5 Å². The smallest absolute Gasteiger partial charge is 0.227 e. The zero-order chi connectivity index (χ0) is 14.7. The first-order chi connectivity index (χ1) is 10.8. The zero-order valence-electron chi connectivity index (χ0n) is 11.5. The van der Waals surface area contributed by atoms with Crippen molar-refractivity contribution in [1.29, 1.82) is 0 Å². The molecule has 0 amide bonds. The van der Waals surface area contributed by atoms with E-state index in [2.05, 4.69) is 35.3 Å². The lowest BCUT2D eigenvalue weighted by atomic mass is 10.00. The van der Waals surface area contributed by atoms with Crippen molar-refractivity contribution >= 4 is 55.2 Å². The largest absolute Gasteiger partial charge is 0.437 e. The minimum atomic E-state index is 0.677. The first-order valence-corrected chi connectivity index (χ1v) is 7.47. The predicted octanol–water partition coefficient (Wildman–Crippen LogP) is 5.94. The highest BCUT2D eigenvalue weighted by atomic mass is 35.5. The molecule has 3 heteroatoms. The number of pyridine rings is 1. The number of hydrogen-bond donors (Lipinski definition) is 0. The molecule has 0 fully saturated rings. The minimum absolute atomic E-state index is 0.677. The summed E-state index contributed by atoms with van der Waals surface area (Å²) in [5.41, 5.74) is 1.56. The first kappa shape index (κ1) is 12.0. The number of nitrogens with zero attached hydrogens (tertiary/aromatic N) is 1. The lowest BCUT2D eigenvalue weighted by Crippen LogP contribution is -1.79. The van der Waals surface area contributed by atoms with Crippen LogP contribution in [-0.4, -0.2) is 4.98 Å². The lowest BCUT2D eigenvalue weighted by molar-refractivity contribution is 0.658. The second-order valence-corrected chi connectivity index (χ2v) is 5.87. The lowest BCUT2D eigenvalue weighted by Gasteiger charge is -2.05. The number of fused-ring (bicyclic) bond motifs is 7. The van der Waals surface area contributed by atoms with E-state index in [4.69, 9.17) is 16.0 Å². The third-order valence-corrected chi connectivity index (χ3v) is 4.41. The summed E-state index contributed by atoms with van der Waals surface area (Å²) in [6, 6.07) is 18.4. The van der Waals surface area contributed by atoms with Crippen LogP contribution in [0.5, 0.6) is 0 Å². The molecule has 0 aliphatic carbocycles. The molecular formula is C19H10ClNO. The molecule has 0 atom stereocenters. The number of halogens is 1. The molecule has 0 aliphatic heterocycles. The molecule has 5 aromatic rings. The van der Waals surface area contributed by atoms with Gasteiger partial charge in [-0.3, -0.25) is 0 Å². The molecule has 0 N–H and O–H groups in total. The highest BCUT2D eigenvalue weighted by molar-refractivity contribution is 6.32. The summed E-state index contributed by atoms with van der Waals surface area (Å²) < 4.78 is 6.06. The predicted molar refractivity (Wildman–Crippen MR) is 91.5 cm³/mol. The van der Waals surface area contributed by atoms with Crippen LogP contribution in [-0.2, 0) is 0 Å². The maximum Gasteiger partial charge on any atom is 0.227 e. The van der Waals surface area contributed by atoms with E-state index in [0.29, 0.717) is 5.71 Å². The molecule has 0 aliphatic rings. The summed E-state index contributed by atoms with van der Waals surface area (Å²) in [5.74, 6) is 0. The van der Waals surface area contributed by atoms with E-state index in [9.17, 15) is 0 Å². The number of hydrogen-bond acceptors (Lipinski definition) is 2. The van der Waals surface area contributed by atoms with E-state index >= 15 is 0 Å². The number of furan rings is 1. The average Bonchev–Trinajstić information content (AvgIpc) is 2.93. The maximum atomic E-state index is 6.12. The average molecular weight is 304 g/mol. The van der Waals surface area contributed by atoms with Crippen molar-refractivity contribution in [2.45, 2.75) is 0 Å². The first-order valence-electron chi connectivity index (χ1n) is 7.09. The van der Waals surface area contributed by atoms with Crippen LogP contribution in [0, 0.1) is 0 Å². The van der Waals surface area contributed by atoms with Crippen molar-refractivity contribution in [3.63, 3.8) is 0 Å². The second kappa shape index (κ2) is 4.21. The summed E-state index contributed by atoms with van der Waals surface area (Å²) >= 11 is 6.12. The Morgan fingerprint density at radius 1 is 0.818 bits per heavy atom. The molecular weight excluding hydrogens is 294 g/mol. The Morgan fingerprint density at radius 3 is 2.59 bits per heavy atom. The minimum Gasteiger partial charge on any atom is -0.437 e. The van der Waals surface area contributed by atoms with E-state index in [-0.39, 0.29) is 0 Å². The van der Waals surface area contributed by atoms with E-state index in [1.807, 2.05) is 24.3 Å². The van der Waals surface area contributed by atoms with E-state index in [1.54, 1.807) is 6.20 Å². The quantitative estimate of drug-likeness (QED) is 0.331. The number of aromatic nitrogens is 1. The normalized spacial score (nSPS) is 11.9. The van der Waals surface area contributed by atoms with Gasteiger partial charge >= 0.3 is 0 Å². The van der Waals surface area contributed by atoms with Crippen molar-refractivity contribution < 1.29 is 4.42 Å². The molecule has 0 radical (unpaired) electrons. The Morgan fingerprint density at radius 2 is 1.64 bits per heavy atom. The highest BCUT2D eigenvalue weighted by Gasteiger charge is 2.12. The molecule has 2 aromatic heterocycles. The van der Waals surface area contributed by atoms with Crippen molar-refractivity contribution in [1.82, 2.24) is 4.98 Å². The fourth-order valence-electron chi connectivity index (χ4n) is 3.19. The van der Waals surface area contributed by atoms with Gasteiger partial charge in [0, 0.05) is 27.4 Å². The molecule has 3 aromatic carbocycles. The number of rotatable bonds is 0. The van der Waals surface area contributed by atoms with Gasteiger partial charge in [-0.2, -0.15) is 0 Å². The Hall–Kier alpha value is -2.58. The van der Waals surface area contributed by atoms with Gasteiger partial charge in [-0.25, -0.2) is 4.98 Å². The highest BCUT2D eigenvalue weighted by Crippen LogP contribution is 2.37. The van der Waals surface area contributed by atoms with Crippen LogP contribution in [0.25, 0.3) is 43.6 Å². The molecule has 104 valence electrons. The van der Waals surface area contributed by atoms with E-state index < -0.39 is 0 Å². The second-order valence-electron chi connectivity index (χ2n) is 5.43. The van der Waals surface area contributed by atoms with Gasteiger partial charge in [0.25, 0.3) is 0 Å². The Balaban J connectivity index is 2.10. The summed E-state index contributed by atoms with van der Waals surface area (Å²) in [5, 5.41) is 7.41. The molecule has 0 saturated heterocycles. The van der Waals surface area contributed by atoms with E-state index in [0.717, 1.165) is 42.9 Å².